The molecule has 1 heterocycles. The molecule has 3 N–H and O–H groups in total. The molecule has 0 bridgehead atoms. The van der Waals surface area contributed by atoms with Crippen LogP contribution in [-0.2, 0) is 0 Å². The molecule has 2 rings (SSSR count). The third kappa shape index (κ3) is 4.56. The predicted octanol–water partition coefficient (Wildman–Crippen LogP) is 2.77. The summed E-state index contributed by atoms with van der Waals surface area (Å²) >= 11 is 0. The standard InChI is InChI=1S/C17H19F2N3O3/c1-17(2,3)21-16(23)15-13(25-4)5-6-14(22(15)24)20-12-8-10(18)7-11(19)9-12/h5-9,24H,1-4H3,(H,21,23)/p+1. The van der Waals surface area contributed by atoms with Gasteiger partial charge in [-0.3, -0.25) is 4.79 Å². The number of methoxy groups -OCH3 is 1. The van der Waals surface area contributed by atoms with Crippen LogP contribution in [0.4, 0.5) is 20.3 Å². The Morgan fingerprint density at radius 3 is 2.28 bits per heavy atom. The van der Waals surface area contributed by atoms with E-state index in [1.165, 1.54) is 19.2 Å². The molecule has 0 saturated heterocycles. The fourth-order valence-corrected chi connectivity index (χ4v) is 2.17. The quantitative estimate of drug-likeness (QED) is 0.584. The van der Waals surface area contributed by atoms with Gasteiger partial charge in [-0.1, -0.05) is 0 Å². The Balaban J connectivity index is 2.44. The highest BCUT2D eigenvalue weighted by atomic mass is 19.1. The molecule has 1 aromatic carbocycles. The molecular formula is C17H20F2N3O3+. The number of amides is 1. The average molecular weight is 352 g/mol. The second-order valence-corrected chi connectivity index (χ2v) is 6.43. The minimum Gasteiger partial charge on any atom is -0.492 e. The SMILES string of the molecule is COc1ccc(Nc2cc(F)cc(F)c2)[n+](O)c1C(=O)NC(C)(C)C. The summed E-state index contributed by atoms with van der Waals surface area (Å²) in [6.07, 6.45) is 0. The molecule has 1 aromatic heterocycles. The van der Waals surface area contributed by atoms with Gasteiger partial charge in [-0.15, -0.1) is 0 Å². The number of nitrogens with one attached hydrogen (secondary N) is 2. The highest BCUT2D eigenvalue weighted by Crippen LogP contribution is 2.21. The molecule has 0 spiro atoms. The number of benzene rings is 1. The zero-order valence-corrected chi connectivity index (χ0v) is 14.4. The Bertz CT molecular complexity index is 784. The van der Waals surface area contributed by atoms with Gasteiger partial charge in [-0.25, -0.2) is 14.1 Å². The first kappa shape index (κ1) is 18.4. The third-order valence-electron chi connectivity index (χ3n) is 3.12. The Kier molecular flexibility index (Phi) is 5.10. The Morgan fingerprint density at radius 1 is 1.16 bits per heavy atom. The van der Waals surface area contributed by atoms with Crippen molar-refractivity contribution in [3.63, 3.8) is 0 Å². The van der Waals surface area contributed by atoms with Gasteiger partial charge in [0.05, 0.1) is 7.11 Å². The summed E-state index contributed by atoms with van der Waals surface area (Å²) < 4.78 is 32.3. The predicted molar refractivity (Wildman–Crippen MR) is 87.2 cm³/mol. The molecule has 134 valence electrons. The van der Waals surface area contributed by atoms with Crippen LogP contribution in [0, 0.1) is 11.6 Å². The van der Waals surface area contributed by atoms with Crippen LogP contribution in [0.25, 0.3) is 0 Å². The fraction of sp³-hybridized carbons (Fsp3) is 0.294. The van der Waals surface area contributed by atoms with Crippen LogP contribution < -0.4 is 20.1 Å². The molecule has 2 aromatic rings. The number of nitrogens with zero attached hydrogens (tertiary/aromatic N) is 1. The van der Waals surface area contributed by atoms with Crippen LogP contribution in [0.15, 0.2) is 30.3 Å². The summed E-state index contributed by atoms with van der Waals surface area (Å²) in [5.41, 5.74) is -0.614. The lowest BCUT2D eigenvalue weighted by Crippen LogP contribution is -2.48. The lowest BCUT2D eigenvalue weighted by molar-refractivity contribution is -0.894. The minimum atomic E-state index is -0.772. The summed E-state index contributed by atoms with van der Waals surface area (Å²) in [7, 11) is 1.36. The van der Waals surface area contributed by atoms with E-state index in [2.05, 4.69) is 10.6 Å². The topological polar surface area (TPSA) is 74.5 Å². The lowest BCUT2D eigenvalue weighted by Gasteiger charge is -2.20. The highest BCUT2D eigenvalue weighted by molar-refractivity contribution is 5.94. The van der Waals surface area contributed by atoms with Crippen molar-refractivity contribution in [3.05, 3.63) is 47.7 Å². The number of halogens is 2. The van der Waals surface area contributed by atoms with Crippen LogP contribution in [0.5, 0.6) is 5.75 Å². The van der Waals surface area contributed by atoms with Gasteiger partial charge in [-0.2, -0.15) is 0 Å². The lowest BCUT2D eigenvalue weighted by atomic mass is 10.1. The van der Waals surface area contributed by atoms with E-state index in [4.69, 9.17) is 4.74 Å². The molecule has 0 aliphatic carbocycles. The molecule has 6 nitrogen and oxygen atoms in total. The smallest absolute Gasteiger partial charge is 0.320 e. The average Bonchev–Trinajstić information content (AvgIpc) is 2.46. The normalized spacial score (nSPS) is 11.1. The maximum absolute atomic E-state index is 13.3. The maximum atomic E-state index is 13.3. The largest absolute Gasteiger partial charge is 0.492 e. The number of rotatable bonds is 4. The zero-order chi connectivity index (χ0) is 18.8. The van der Waals surface area contributed by atoms with Crippen LogP contribution in [0.3, 0.4) is 0 Å². The zero-order valence-electron chi connectivity index (χ0n) is 14.4. The van der Waals surface area contributed by atoms with Crippen molar-refractivity contribution in [2.45, 2.75) is 26.3 Å². The molecule has 0 aliphatic heterocycles. The Labute approximate surface area is 144 Å². The molecule has 0 atom stereocenters. The summed E-state index contributed by atoms with van der Waals surface area (Å²) in [5, 5.41) is 15.8. The summed E-state index contributed by atoms with van der Waals surface area (Å²) in [6, 6.07) is 5.72. The van der Waals surface area contributed by atoms with Gasteiger partial charge in [0.15, 0.2) is 5.75 Å². The first-order valence-electron chi connectivity index (χ1n) is 7.48. The third-order valence-corrected chi connectivity index (χ3v) is 3.12. The molecule has 0 aliphatic rings. The van der Waals surface area contributed by atoms with Gasteiger partial charge in [0, 0.05) is 29.8 Å². The molecule has 0 fully saturated rings. The fourth-order valence-electron chi connectivity index (χ4n) is 2.17. The van der Waals surface area contributed by atoms with E-state index in [1.807, 2.05) is 0 Å². The molecule has 0 unspecified atom stereocenters. The number of ether oxygens (including phenoxy) is 1. The second kappa shape index (κ2) is 6.92. The number of aromatic nitrogens is 1. The highest BCUT2D eigenvalue weighted by Gasteiger charge is 2.28. The van der Waals surface area contributed by atoms with Crippen molar-refractivity contribution >= 4 is 17.4 Å². The van der Waals surface area contributed by atoms with Crippen LogP contribution in [0.2, 0.25) is 0 Å². The summed E-state index contributed by atoms with van der Waals surface area (Å²) in [6.45, 7) is 5.37. The molecule has 1 amide bonds. The number of carbonyl (C=O) groups is 1. The maximum Gasteiger partial charge on any atom is 0.320 e. The number of hydrogen-bond acceptors (Lipinski definition) is 4. The van der Waals surface area contributed by atoms with Gasteiger partial charge in [0.1, 0.15) is 17.3 Å². The van der Waals surface area contributed by atoms with Crippen molar-refractivity contribution in [1.29, 1.82) is 0 Å². The van der Waals surface area contributed by atoms with Gasteiger partial charge in [0.2, 0.25) is 0 Å². The molecule has 0 saturated carbocycles. The van der Waals surface area contributed by atoms with E-state index in [1.54, 1.807) is 20.8 Å². The minimum absolute atomic E-state index is 0.0323. The summed E-state index contributed by atoms with van der Waals surface area (Å²) in [5.74, 6) is -1.94. The molecule has 25 heavy (non-hydrogen) atoms. The first-order chi connectivity index (χ1) is 11.6. The van der Waals surface area contributed by atoms with Gasteiger partial charge < -0.3 is 15.3 Å². The van der Waals surface area contributed by atoms with E-state index in [0.717, 1.165) is 18.2 Å². The van der Waals surface area contributed by atoms with Gasteiger partial charge >= 0.3 is 5.82 Å². The van der Waals surface area contributed by atoms with Crippen molar-refractivity contribution < 1.29 is 28.2 Å². The van der Waals surface area contributed by atoms with Crippen molar-refractivity contribution in [2.75, 3.05) is 12.4 Å². The second-order valence-electron chi connectivity index (χ2n) is 6.43. The van der Waals surface area contributed by atoms with Crippen LogP contribution >= 0.6 is 0 Å². The van der Waals surface area contributed by atoms with E-state index < -0.39 is 23.1 Å². The Hall–Kier alpha value is -2.90. The van der Waals surface area contributed by atoms with Crippen LogP contribution in [0.1, 0.15) is 31.3 Å². The number of anilines is 2. The molecular weight excluding hydrogens is 332 g/mol. The van der Waals surface area contributed by atoms with E-state index >= 15 is 0 Å². The molecule has 8 heteroatoms. The molecule has 0 radical (unpaired) electrons. The number of pyridine rings is 1. The number of hydrogen-bond donors (Lipinski definition) is 3. The first-order valence-corrected chi connectivity index (χ1v) is 7.48. The monoisotopic (exact) mass is 352 g/mol. The van der Waals surface area contributed by atoms with E-state index in [9.17, 15) is 18.8 Å². The van der Waals surface area contributed by atoms with Crippen molar-refractivity contribution in [2.24, 2.45) is 0 Å². The van der Waals surface area contributed by atoms with Crippen LogP contribution in [-0.4, -0.2) is 23.8 Å². The summed E-state index contributed by atoms with van der Waals surface area (Å²) in [4.78, 5) is 12.5. The van der Waals surface area contributed by atoms with E-state index in [-0.39, 0.29) is 22.9 Å². The van der Waals surface area contributed by atoms with Crippen molar-refractivity contribution in [1.82, 2.24) is 5.32 Å². The van der Waals surface area contributed by atoms with Gasteiger partial charge in [-0.05, 0) is 31.6 Å². The van der Waals surface area contributed by atoms with Crippen molar-refractivity contribution in [3.8, 4) is 5.75 Å². The van der Waals surface area contributed by atoms with E-state index in [0.29, 0.717) is 4.73 Å². The Morgan fingerprint density at radius 2 is 1.76 bits per heavy atom. The van der Waals surface area contributed by atoms with Gasteiger partial charge in [0.25, 0.3) is 11.6 Å². The number of carbonyl (C=O) groups excluding carboxylic acids is 1.